The Bertz CT molecular complexity index is 1190. The van der Waals surface area contributed by atoms with Gasteiger partial charge in [-0.05, 0) is 30.3 Å². The summed E-state index contributed by atoms with van der Waals surface area (Å²) >= 11 is 7.24. The number of nitrogens with zero attached hydrogens (tertiary/aromatic N) is 3. The Kier molecular flexibility index (Phi) is 6.02. The summed E-state index contributed by atoms with van der Waals surface area (Å²) in [5, 5.41) is 8.94. The van der Waals surface area contributed by atoms with Gasteiger partial charge >= 0.3 is 6.18 Å². The maximum absolute atomic E-state index is 14.2. The first-order valence-corrected chi connectivity index (χ1v) is 10.4. The van der Waals surface area contributed by atoms with Crippen molar-refractivity contribution in [2.24, 2.45) is 0 Å². The third-order valence-corrected chi connectivity index (χ3v) is 5.81. The summed E-state index contributed by atoms with van der Waals surface area (Å²) < 4.78 is 55.6. The molecule has 0 amide bonds. The van der Waals surface area contributed by atoms with Crippen molar-refractivity contribution < 1.29 is 17.6 Å². The molecule has 0 saturated heterocycles. The van der Waals surface area contributed by atoms with Crippen LogP contribution in [0.3, 0.4) is 0 Å². The van der Waals surface area contributed by atoms with Gasteiger partial charge in [-0.1, -0.05) is 65.8 Å². The maximum atomic E-state index is 14.2. The summed E-state index contributed by atoms with van der Waals surface area (Å²) in [6.45, 7) is 0. The van der Waals surface area contributed by atoms with Gasteiger partial charge in [-0.25, -0.2) is 4.39 Å². The third-order valence-electron chi connectivity index (χ3n) is 4.50. The molecule has 31 heavy (non-hydrogen) atoms. The lowest BCUT2D eigenvalue weighted by molar-refractivity contribution is -0.137. The van der Waals surface area contributed by atoms with E-state index in [4.69, 9.17) is 11.6 Å². The van der Waals surface area contributed by atoms with Crippen molar-refractivity contribution in [2.45, 2.75) is 17.1 Å². The van der Waals surface area contributed by atoms with Crippen molar-refractivity contribution in [1.82, 2.24) is 14.8 Å². The van der Waals surface area contributed by atoms with Crippen LogP contribution in [-0.4, -0.2) is 14.8 Å². The largest absolute Gasteiger partial charge is 0.416 e. The first-order valence-electron chi connectivity index (χ1n) is 9.09. The molecule has 4 aromatic rings. The smallest absolute Gasteiger partial charge is 0.270 e. The van der Waals surface area contributed by atoms with Gasteiger partial charge in [0.15, 0.2) is 11.0 Å². The summed E-state index contributed by atoms with van der Waals surface area (Å²) in [5.41, 5.74) is 0.434. The molecule has 0 aliphatic heterocycles. The first-order chi connectivity index (χ1) is 14.8. The van der Waals surface area contributed by atoms with E-state index < -0.39 is 17.6 Å². The second-order valence-electron chi connectivity index (χ2n) is 6.54. The molecule has 158 valence electrons. The number of alkyl halides is 3. The quantitative estimate of drug-likeness (QED) is 0.235. The van der Waals surface area contributed by atoms with Crippen LogP contribution in [-0.2, 0) is 11.9 Å². The predicted octanol–water partition coefficient (Wildman–Crippen LogP) is 7.04. The van der Waals surface area contributed by atoms with E-state index in [0.29, 0.717) is 16.5 Å². The molecule has 1 aromatic heterocycles. The topological polar surface area (TPSA) is 30.7 Å². The number of benzene rings is 3. The molecule has 4 rings (SSSR count). The Labute approximate surface area is 184 Å². The van der Waals surface area contributed by atoms with E-state index in [0.717, 1.165) is 23.9 Å². The van der Waals surface area contributed by atoms with Crippen LogP contribution < -0.4 is 0 Å². The molecule has 1 heterocycles. The molecular formula is C22H14ClF4N3S. The van der Waals surface area contributed by atoms with Gasteiger partial charge in [0, 0.05) is 21.9 Å². The Hall–Kier alpha value is -2.84. The van der Waals surface area contributed by atoms with Gasteiger partial charge in [0.2, 0.25) is 0 Å². The minimum Gasteiger partial charge on any atom is -0.270 e. The van der Waals surface area contributed by atoms with Gasteiger partial charge < -0.3 is 0 Å². The number of hydrogen-bond donors (Lipinski definition) is 0. The minimum absolute atomic E-state index is 0.136. The number of hydrogen-bond acceptors (Lipinski definition) is 3. The van der Waals surface area contributed by atoms with Gasteiger partial charge in [0.25, 0.3) is 0 Å². The van der Waals surface area contributed by atoms with Crippen molar-refractivity contribution in [3.63, 3.8) is 0 Å². The zero-order valence-corrected chi connectivity index (χ0v) is 17.3. The highest BCUT2D eigenvalue weighted by Gasteiger charge is 2.31. The Balaban J connectivity index is 1.79. The van der Waals surface area contributed by atoms with Crippen molar-refractivity contribution in [1.29, 1.82) is 0 Å². The molecule has 0 spiro atoms. The molecule has 0 atom stereocenters. The highest BCUT2D eigenvalue weighted by atomic mass is 35.5. The highest BCUT2D eigenvalue weighted by molar-refractivity contribution is 7.98. The van der Waals surface area contributed by atoms with Crippen molar-refractivity contribution in [3.8, 4) is 17.1 Å². The van der Waals surface area contributed by atoms with Gasteiger partial charge in [-0.3, -0.25) is 4.57 Å². The lowest BCUT2D eigenvalue weighted by Gasteiger charge is -2.13. The third kappa shape index (κ3) is 4.60. The fourth-order valence-corrected chi connectivity index (χ4v) is 4.29. The number of halogens is 5. The lowest BCUT2D eigenvalue weighted by atomic mass is 10.1. The first kappa shape index (κ1) is 21.4. The van der Waals surface area contributed by atoms with Gasteiger partial charge in [-0.15, -0.1) is 10.2 Å². The van der Waals surface area contributed by atoms with Crippen molar-refractivity contribution in [3.05, 3.63) is 94.8 Å². The van der Waals surface area contributed by atoms with E-state index in [1.165, 1.54) is 22.8 Å². The molecule has 0 saturated carbocycles. The van der Waals surface area contributed by atoms with Crippen molar-refractivity contribution >= 4 is 23.4 Å². The van der Waals surface area contributed by atoms with E-state index >= 15 is 0 Å². The average Bonchev–Trinajstić information content (AvgIpc) is 3.17. The van der Waals surface area contributed by atoms with Crippen LogP contribution in [0.5, 0.6) is 0 Å². The maximum Gasteiger partial charge on any atom is 0.416 e. The fourth-order valence-electron chi connectivity index (χ4n) is 3.00. The molecule has 0 N–H and O–H groups in total. The predicted molar refractivity (Wildman–Crippen MR) is 113 cm³/mol. The van der Waals surface area contributed by atoms with E-state index in [2.05, 4.69) is 10.2 Å². The van der Waals surface area contributed by atoms with Gasteiger partial charge in [0.1, 0.15) is 5.82 Å². The zero-order valence-electron chi connectivity index (χ0n) is 15.8. The van der Waals surface area contributed by atoms with Gasteiger partial charge in [-0.2, -0.15) is 13.2 Å². The van der Waals surface area contributed by atoms with Crippen LogP contribution in [0, 0.1) is 5.82 Å². The van der Waals surface area contributed by atoms with Crippen LogP contribution in [0.15, 0.2) is 78.0 Å². The summed E-state index contributed by atoms with van der Waals surface area (Å²) in [4.78, 5) is 0. The molecule has 0 fully saturated rings. The fraction of sp³-hybridized carbons (Fsp3) is 0.0909. The number of aromatic nitrogens is 3. The molecule has 0 unspecified atom stereocenters. The van der Waals surface area contributed by atoms with E-state index in [9.17, 15) is 17.6 Å². The molecule has 0 bridgehead atoms. The van der Waals surface area contributed by atoms with E-state index in [-0.39, 0.29) is 22.0 Å². The van der Waals surface area contributed by atoms with Crippen LogP contribution in [0.1, 0.15) is 11.1 Å². The monoisotopic (exact) mass is 463 g/mol. The number of thioether (sulfide) groups is 1. The summed E-state index contributed by atoms with van der Waals surface area (Å²) in [6.07, 6.45) is -4.50. The van der Waals surface area contributed by atoms with E-state index in [1.54, 1.807) is 36.4 Å². The molecule has 0 aliphatic rings. The minimum atomic E-state index is -4.50. The van der Waals surface area contributed by atoms with Crippen LogP contribution in [0.25, 0.3) is 17.1 Å². The normalized spacial score (nSPS) is 11.6. The second kappa shape index (κ2) is 8.72. The SMILES string of the molecule is Fc1cccc(Cl)c1CSc1nnc(-c2ccccc2)n1-c1cccc(C(F)(F)F)c1. The standard InChI is InChI=1S/C22H14ClF4N3S/c23-18-10-5-11-19(24)17(18)13-31-21-29-28-20(14-6-2-1-3-7-14)30(21)16-9-4-8-15(12-16)22(25,26)27/h1-12H,13H2. The Morgan fingerprint density at radius 3 is 2.35 bits per heavy atom. The molecule has 0 aliphatic carbocycles. The zero-order chi connectivity index (χ0) is 22.0. The van der Waals surface area contributed by atoms with Crippen LogP contribution in [0.2, 0.25) is 5.02 Å². The Morgan fingerprint density at radius 1 is 0.903 bits per heavy atom. The molecule has 3 aromatic carbocycles. The molecule has 9 heteroatoms. The van der Waals surface area contributed by atoms with Crippen molar-refractivity contribution in [2.75, 3.05) is 0 Å². The average molecular weight is 464 g/mol. The molecule has 0 radical (unpaired) electrons. The molecular weight excluding hydrogens is 450 g/mol. The lowest BCUT2D eigenvalue weighted by Crippen LogP contribution is -2.07. The summed E-state index contributed by atoms with van der Waals surface area (Å²) in [7, 11) is 0. The van der Waals surface area contributed by atoms with Crippen LogP contribution in [0.4, 0.5) is 17.6 Å². The van der Waals surface area contributed by atoms with Crippen LogP contribution >= 0.6 is 23.4 Å². The molecule has 3 nitrogen and oxygen atoms in total. The highest BCUT2D eigenvalue weighted by Crippen LogP contribution is 2.35. The Morgan fingerprint density at radius 2 is 1.65 bits per heavy atom. The van der Waals surface area contributed by atoms with E-state index in [1.807, 2.05) is 6.07 Å². The van der Waals surface area contributed by atoms with Gasteiger partial charge in [0.05, 0.1) is 11.3 Å². The summed E-state index contributed by atoms with van der Waals surface area (Å²) in [5.74, 6) is 0.0488. The number of rotatable bonds is 5. The second-order valence-corrected chi connectivity index (χ2v) is 7.89. The summed E-state index contributed by atoms with van der Waals surface area (Å²) in [6, 6.07) is 18.3.